The zero-order valence-corrected chi connectivity index (χ0v) is 11.0. The Morgan fingerprint density at radius 3 is 2.50 bits per heavy atom. The Balaban J connectivity index is 3.90. The van der Waals surface area contributed by atoms with Gasteiger partial charge in [0.25, 0.3) is 0 Å². The molecule has 0 rings (SSSR count). The summed E-state index contributed by atoms with van der Waals surface area (Å²) in [6.07, 6.45) is 0.109. The van der Waals surface area contributed by atoms with Crippen molar-refractivity contribution in [3.63, 3.8) is 0 Å². The predicted molar refractivity (Wildman–Crippen MR) is 68.2 cm³/mol. The minimum atomic E-state index is -0.431. The highest BCUT2D eigenvalue weighted by Gasteiger charge is 2.12. The quantitative estimate of drug-likeness (QED) is 0.590. The molecule has 5 nitrogen and oxygen atoms in total. The number of hydrogen-bond acceptors (Lipinski definition) is 4. The molecule has 0 aromatic heterocycles. The van der Waals surface area contributed by atoms with Crippen LogP contribution in [0.2, 0.25) is 0 Å². The molecule has 0 aliphatic carbocycles. The third-order valence-electron chi connectivity index (χ3n) is 2.10. The van der Waals surface area contributed by atoms with Crippen molar-refractivity contribution in [3.05, 3.63) is 0 Å². The number of thiocarbonyl (C=S) groups is 1. The van der Waals surface area contributed by atoms with E-state index in [1.165, 1.54) is 0 Å². The number of aliphatic hydroxyl groups is 1. The summed E-state index contributed by atoms with van der Waals surface area (Å²) in [5, 5.41) is 9.15. The molecule has 0 aromatic rings. The van der Waals surface area contributed by atoms with Gasteiger partial charge >= 0.3 is 0 Å². The molecule has 0 aliphatic heterocycles. The van der Waals surface area contributed by atoms with E-state index in [9.17, 15) is 4.79 Å². The number of nitrogens with two attached hydrogens (primary N) is 1. The third-order valence-corrected chi connectivity index (χ3v) is 2.30. The molecule has 0 saturated heterocycles. The number of amides is 1. The number of likely N-dealkylation sites (N-methyl/N-ethyl adjacent to an activating group) is 2. The van der Waals surface area contributed by atoms with Crippen LogP contribution in [0.3, 0.4) is 0 Å². The first-order valence-corrected chi connectivity index (χ1v) is 5.62. The first-order chi connectivity index (χ1) is 7.32. The summed E-state index contributed by atoms with van der Waals surface area (Å²) < 4.78 is 0. The molecule has 1 unspecified atom stereocenters. The van der Waals surface area contributed by atoms with Crippen LogP contribution in [0, 0.1) is 0 Å². The summed E-state index contributed by atoms with van der Waals surface area (Å²) in [6.45, 7) is 3.00. The average Bonchev–Trinajstić information content (AvgIpc) is 2.12. The fourth-order valence-electron chi connectivity index (χ4n) is 1.27. The van der Waals surface area contributed by atoms with Gasteiger partial charge in [-0.2, -0.15) is 0 Å². The standard InChI is InChI=1S/C10H21N3O2S/c1-8(14)6-12(2)7-10(15)13(3)5-4-9(11)16/h8,14H,4-7H2,1-3H3,(H2,11,16). The summed E-state index contributed by atoms with van der Waals surface area (Å²) in [7, 11) is 3.52. The molecule has 94 valence electrons. The van der Waals surface area contributed by atoms with Crippen LogP contribution in [0.15, 0.2) is 0 Å². The number of carbonyl (C=O) groups is 1. The molecule has 6 heteroatoms. The number of nitrogens with zero attached hydrogens (tertiary/aromatic N) is 2. The number of carbonyl (C=O) groups excluding carboxylic acids is 1. The zero-order valence-electron chi connectivity index (χ0n) is 10.1. The summed E-state index contributed by atoms with van der Waals surface area (Å²) in [5.74, 6) is -0.000556. The molecular weight excluding hydrogens is 226 g/mol. The van der Waals surface area contributed by atoms with E-state index in [0.29, 0.717) is 31.0 Å². The molecule has 0 saturated carbocycles. The second-order valence-corrected chi connectivity index (χ2v) is 4.60. The molecule has 0 aliphatic rings. The van der Waals surface area contributed by atoms with Crippen molar-refractivity contribution in [3.8, 4) is 0 Å². The molecule has 0 fully saturated rings. The predicted octanol–water partition coefficient (Wildman–Crippen LogP) is -0.566. The van der Waals surface area contributed by atoms with Gasteiger partial charge in [-0.05, 0) is 14.0 Å². The van der Waals surface area contributed by atoms with Gasteiger partial charge in [-0.25, -0.2) is 0 Å². The van der Waals surface area contributed by atoms with E-state index in [1.807, 2.05) is 0 Å². The van der Waals surface area contributed by atoms with Crippen molar-refractivity contribution in [2.24, 2.45) is 5.73 Å². The van der Waals surface area contributed by atoms with Crippen LogP contribution in [0.5, 0.6) is 0 Å². The van der Waals surface area contributed by atoms with Gasteiger partial charge in [-0.1, -0.05) is 12.2 Å². The van der Waals surface area contributed by atoms with Crippen LogP contribution in [0.1, 0.15) is 13.3 Å². The van der Waals surface area contributed by atoms with Crippen LogP contribution < -0.4 is 5.73 Å². The SMILES string of the molecule is CC(O)CN(C)CC(=O)N(C)CCC(N)=S. The molecular formula is C10H21N3O2S. The van der Waals surface area contributed by atoms with Gasteiger partial charge < -0.3 is 15.7 Å². The Kier molecular flexibility index (Phi) is 7.20. The first-order valence-electron chi connectivity index (χ1n) is 5.21. The smallest absolute Gasteiger partial charge is 0.236 e. The summed E-state index contributed by atoms with van der Waals surface area (Å²) >= 11 is 4.74. The van der Waals surface area contributed by atoms with Gasteiger partial charge in [0.05, 0.1) is 17.6 Å². The Morgan fingerprint density at radius 2 is 2.06 bits per heavy atom. The minimum Gasteiger partial charge on any atom is -0.393 e. The summed E-state index contributed by atoms with van der Waals surface area (Å²) in [6, 6.07) is 0. The van der Waals surface area contributed by atoms with Gasteiger partial charge in [0.2, 0.25) is 5.91 Å². The van der Waals surface area contributed by atoms with Crippen LogP contribution in [0.25, 0.3) is 0 Å². The second kappa shape index (κ2) is 7.54. The Labute approximate surface area is 102 Å². The van der Waals surface area contributed by atoms with Gasteiger partial charge in [-0.3, -0.25) is 9.69 Å². The number of rotatable bonds is 7. The van der Waals surface area contributed by atoms with E-state index in [1.54, 1.807) is 30.8 Å². The van der Waals surface area contributed by atoms with Crippen molar-refractivity contribution in [2.75, 3.05) is 33.7 Å². The van der Waals surface area contributed by atoms with E-state index in [2.05, 4.69) is 0 Å². The number of aliphatic hydroxyl groups excluding tert-OH is 1. The van der Waals surface area contributed by atoms with E-state index in [-0.39, 0.29) is 5.91 Å². The summed E-state index contributed by atoms with van der Waals surface area (Å²) in [5.41, 5.74) is 5.36. The minimum absolute atomic E-state index is 0.000556. The van der Waals surface area contributed by atoms with Crippen LogP contribution in [0.4, 0.5) is 0 Å². The lowest BCUT2D eigenvalue weighted by atomic mass is 10.3. The molecule has 1 amide bonds. The highest BCUT2D eigenvalue weighted by Crippen LogP contribution is 1.94. The van der Waals surface area contributed by atoms with Gasteiger partial charge in [0.1, 0.15) is 0 Å². The lowest BCUT2D eigenvalue weighted by molar-refractivity contribution is -0.130. The Bertz CT molecular complexity index is 246. The highest BCUT2D eigenvalue weighted by molar-refractivity contribution is 7.80. The summed E-state index contributed by atoms with van der Waals surface area (Å²) in [4.78, 5) is 15.5. The van der Waals surface area contributed by atoms with Crippen molar-refractivity contribution in [1.82, 2.24) is 9.80 Å². The molecule has 0 radical (unpaired) electrons. The zero-order chi connectivity index (χ0) is 12.7. The lowest BCUT2D eigenvalue weighted by Crippen LogP contribution is -2.40. The highest BCUT2D eigenvalue weighted by atomic mass is 32.1. The molecule has 0 spiro atoms. The maximum absolute atomic E-state index is 11.7. The molecule has 1 atom stereocenters. The van der Waals surface area contributed by atoms with Crippen molar-refractivity contribution in [1.29, 1.82) is 0 Å². The maximum Gasteiger partial charge on any atom is 0.236 e. The van der Waals surface area contributed by atoms with Gasteiger partial charge in [0, 0.05) is 26.6 Å². The molecule has 3 N–H and O–H groups in total. The van der Waals surface area contributed by atoms with Crippen LogP contribution >= 0.6 is 12.2 Å². The molecule has 0 aromatic carbocycles. The van der Waals surface area contributed by atoms with E-state index < -0.39 is 6.10 Å². The van der Waals surface area contributed by atoms with E-state index in [4.69, 9.17) is 23.1 Å². The van der Waals surface area contributed by atoms with E-state index in [0.717, 1.165) is 0 Å². The lowest BCUT2D eigenvalue weighted by Gasteiger charge is -2.22. The van der Waals surface area contributed by atoms with Crippen LogP contribution in [-0.4, -0.2) is 65.6 Å². The fourth-order valence-corrected chi connectivity index (χ4v) is 1.36. The van der Waals surface area contributed by atoms with Crippen molar-refractivity contribution in [2.45, 2.75) is 19.4 Å². The average molecular weight is 247 g/mol. The Hall–Kier alpha value is -0.720. The van der Waals surface area contributed by atoms with Crippen LogP contribution in [-0.2, 0) is 4.79 Å². The normalized spacial score (nSPS) is 12.6. The number of hydrogen-bond donors (Lipinski definition) is 2. The largest absolute Gasteiger partial charge is 0.393 e. The first kappa shape index (κ1) is 15.3. The monoisotopic (exact) mass is 247 g/mol. The van der Waals surface area contributed by atoms with Crippen molar-refractivity contribution < 1.29 is 9.90 Å². The van der Waals surface area contributed by atoms with Gasteiger partial charge in [-0.15, -0.1) is 0 Å². The van der Waals surface area contributed by atoms with Gasteiger partial charge in [0.15, 0.2) is 0 Å². The fraction of sp³-hybridized carbons (Fsp3) is 0.800. The molecule has 16 heavy (non-hydrogen) atoms. The molecule has 0 bridgehead atoms. The third kappa shape index (κ3) is 7.56. The molecule has 0 heterocycles. The Morgan fingerprint density at radius 1 is 1.50 bits per heavy atom. The second-order valence-electron chi connectivity index (χ2n) is 4.08. The topological polar surface area (TPSA) is 69.8 Å². The maximum atomic E-state index is 11.7. The van der Waals surface area contributed by atoms with Crippen molar-refractivity contribution >= 4 is 23.1 Å². The van der Waals surface area contributed by atoms with E-state index >= 15 is 0 Å².